The van der Waals surface area contributed by atoms with E-state index in [0.29, 0.717) is 40.6 Å². The molecule has 3 rings (SSSR count). The largest absolute Gasteiger partial charge is 0.369 e. The van der Waals surface area contributed by atoms with Crippen LogP contribution in [0.3, 0.4) is 0 Å². The fourth-order valence-electron chi connectivity index (χ4n) is 3.23. The van der Waals surface area contributed by atoms with E-state index in [1.807, 2.05) is 0 Å². The van der Waals surface area contributed by atoms with E-state index in [-0.39, 0.29) is 35.6 Å². The quantitative estimate of drug-likeness (QED) is 0.438. The van der Waals surface area contributed by atoms with Crippen LogP contribution in [0.5, 0.6) is 0 Å². The van der Waals surface area contributed by atoms with Gasteiger partial charge in [0.25, 0.3) is 5.56 Å². The van der Waals surface area contributed by atoms with Gasteiger partial charge in [-0.25, -0.2) is 4.98 Å². The molecule has 148 valence electrons. The Morgan fingerprint density at radius 3 is 2.93 bits per heavy atom. The van der Waals surface area contributed by atoms with E-state index in [1.165, 1.54) is 16.3 Å². The third-order valence-electron chi connectivity index (χ3n) is 4.69. The van der Waals surface area contributed by atoms with Gasteiger partial charge in [-0.1, -0.05) is 29.4 Å². The summed E-state index contributed by atoms with van der Waals surface area (Å²) in [5.74, 6) is -0.662. The van der Waals surface area contributed by atoms with Crippen LogP contribution in [0.1, 0.15) is 12.8 Å². The van der Waals surface area contributed by atoms with Gasteiger partial charge in [0.1, 0.15) is 0 Å². The molecule has 28 heavy (non-hydrogen) atoms. The van der Waals surface area contributed by atoms with Gasteiger partial charge in [-0.2, -0.15) is 0 Å². The molecule has 1 aliphatic rings. The number of nitrogens with zero attached hydrogens (tertiary/aromatic N) is 3. The molecule has 1 saturated heterocycles. The Morgan fingerprint density at radius 1 is 1.43 bits per heavy atom. The maximum Gasteiger partial charge on any atom is 0.262 e. The third-order valence-corrected chi connectivity index (χ3v) is 5.89. The highest BCUT2D eigenvalue weighted by molar-refractivity contribution is 7.99. The molecule has 1 aliphatic heterocycles. The molecular formula is C19H21ClN4O3S. The Labute approximate surface area is 171 Å². The standard InChI is InChI=1S/C19H21ClN4O3S/c1-2-7-24-18(27)14-9-13(20)5-6-15(14)22-19(24)28-11-16(25)23-8-3-4-12(10-23)17(21)26/h2,5-6,9,12H,1,3-4,7-8,10-11H2,(H2,21,26)/t12-/m1/s1. The first kappa shape index (κ1) is 20.4. The molecule has 0 radical (unpaired) electrons. The van der Waals surface area contributed by atoms with Gasteiger partial charge in [-0.05, 0) is 31.0 Å². The van der Waals surface area contributed by atoms with Gasteiger partial charge in [-0.15, -0.1) is 6.58 Å². The Hall–Kier alpha value is -2.32. The molecule has 2 aromatic rings. The molecule has 0 unspecified atom stereocenters. The Morgan fingerprint density at radius 2 is 2.21 bits per heavy atom. The lowest BCUT2D eigenvalue weighted by molar-refractivity contribution is -0.132. The summed E-state index contributed by atoms with van der Waals surface area (Å²) in [5, 5.41) is 1.32. The SMILES string of the molecule is C=CCn1c(SCC(=O)N2CCC[C@@H](C(N)=O)C2)nc2ccc(Cl)cc2c1=O. The number of carbonyl (C=O) groups excluding carboxylic acids is 2. The van der Waals surface area contributed by atoms with Crippen molar-refractivity contribution in [1.29, 1.82) is 0 Å². The number of likely N-dealkylation sites (tertiary alicyclic amines) is 1. The Kier molecular flexibility index (Phi) is 6.41. The van der Waals surface area contributed by atoms with Crippen LogP contribution in [0.25, 0.3) is 10.9 Å². The molecule has 0 aliphatic carbocycles. The van der Waals surface area contributed by atoms with Crippen molar-refractivity contribution in [2.24, 2.45) is 11.7 Å². The van der Waals surface area contributed by atoms with Crippen LogP contribution in [-0.4, -0.2) is 45.1 Å². The topological polar surface area (TPSA) is 98.3 Å². The number of nitrogens with two attached hydrogens (primary N) is 1. The van der Waals surface area contributed by atoms with Crippen LogP contribution in [-0.2, 0) is 16.1 Å². The molecule has 0 bridgehead atoms. The average Bonchev–Trinajstić information content (AvgIpc) is 2.69. The first-order valence-electron chi connectivity index (χ1n) is 8.91. The number of piperidine rings is 1. The maximum absolute atomic E-state index is 12.8. The highest BCUT2D eigenvalue weighted by Gasteiger charge is 2.27. The van der Waals surface area contributed by atoms with Gasteiger partial charge in [0.05, 0.1) is 22.6 Å². The minimum absolute atomic E-state index is 0.105. The molecule has 1 aromatic carbocycles. The number of thioether (sulfide) groups is 1. The summed E-state index contributed by atoms with van der Waals surface area (Å²) in [4.78, 5) is 43.0. The van der Waals surface area contributed by atoms with Crippen molar-refractivity contribution in [2.45, 2.75) is 24.5 Å². The van der Waals surface area contributed by atoms with Crippen LogP contribution < -0.4 is 11.3 Å². The second-order valence-corrected chi connectivity index (χ2v) is 8.01. The number of benzene rings is 1. The monoisotopic (exact) mass is 420 g/mol. The van der Waals surface area contributed by atoms with Crippen molar-refractivity contribution in [1.82, 2.24) is 14.5 Å². The minimum atomic E-state index is -0.375. The Balaban J connectivity index is 1.81. The van der Waals surface area contributed by atoms with Crippen LogP contribution in [0, 0.1) is 5.92 Å². The molecule has 9 heteroatoms. The van der Waals surface area contributed by atoms with Gasteiger partial charge in [0.2, 0.25) is 11.8 Å². The predicted octanol–water partition coefficient (Wildman–Crippen LogP) is 2.05. The van der Waals surface area contributed by atoms with Gasteiger partial charge in [-0.3, -0.25) is 19.0 Å². The van der Waals surface area contributed by atoms with E-state index in [4.69, 9.17) is 17.3 Å². The molecule has 2 heterocycles. The fourth-order valence-corrected chi connectivity index (χ4v) is 4.31. The molecule has 2 amide bonds. The Bertz CT molecular complexity index is 991. The number of rotatable bonds is 6. The van der Waals surface area contributed by atoms with E-state index in [1.54, 1.807) is 29.2 Å². The second kappa shape index (κ2) is 8.79. The zero-order valence-electron chi connectivity index (χ0n) is 15.3. The van der Waals surface area contributed by atoms with Gasteiger partial charge in [0.15, 0.2) is 5.16 Å². The summed E-state index contributed by atoms with van der Waals surface area (Å²) in [6.45, 7) is 4.91. The van der Waals surface area contributed by atoms with Crippen molar-refractivity contribution >= 4 is 46.1 Å². The van der Waals surface area contributed by atoms with Crippen molar-refractivity contribution < 1.29 is 9.59 Å². The van der Waals surface area contributed by atoms with E-state index in [0.717, 1.165) is 6.42 Å². The normalized spacial score (nSPS) is 16.9. The van der Waals surface area contributed by atoms with Crippen LogP contribution in [0.15, 0.2) is 40.8 Å². The van der Waals surface area contributed by atoms with Gasteiger partial charge < -0.3 is 10.6 Å². The lowest BCUT2D eigenvalue weighted by Gasteiger charge is -2.31. The first-order valence-corrected chi connectivity index (χ1v) is 10.3. The molecular weight excluding hydrogens is 400 g/mol. The minimum Gasteiger partial charge on any atom is -0.369 e. The highest BCUT2D eigenvalue weighted by atomic mass is 35.5. The fraction of sp³-hybridized carbons (Fsp3) is 0.368. The number of carbonyl (C=O) groups is 2. The highest BCUT2D eigenvalue weighted by Crippen LogP contribution is 2.22. The van der Waals surface area contributed by atoms with Gasteiger partial charge in [0, 0.05) is 24.7 Å². The smallest absolute Gasteiger partial charge is 0.262 e. The molecule has 1 aromatic heterocycles. The van der Waals surface area contributed by atoms with Crippen molar-refractivity contribution in [3.8, 4) is 0 Å². The maximum atomic E-state index is 12.8. The second-order valence-electron chi connectivity index (χ2n) is 6.63. The third kappa shape index (κ3) is 4.39. The van der Waals surface area contributed by atoms with Crippen molar-refractivity contribution in [3.63, 3.8) is 0 Å². The number of amides is 2. The van der Waals surface area contributed by atoms with Gasteiger partial charge >= 0.3 is 0 Å². The molecule has 1 atom stereocenters. The number of aromatic nitrogens is 2. The summed E-state index contributed by atoms with van der Waals surface area (Å²) in [5.41, 5.74) is 5.68. The molecule has 0 saturated carbocycles. The molecule has 0 spiro atoms. The average molecular weight is 421 g/mol. The molecule has 1 fully saturated rings. The van der Waals surface area contributed by atoms with Crippen LogP contribution >= 0.6 is 23.4 Å². The number of primary amides is 1. The van der Waals surface area contributed by atoms with E-state index >= 15 is 0 Å². The number of hydrogen-bond acceptors (Lipinski definition) is 5. The number of fused-ring (bicyclic) bond motifs is 1. The van der Waals surface area contributed by atoms with Crippen molar-refractivity contribution in [3.05, 3.63) is 46.2 Å². The number of allylic oxidation sites excluding steroid dienone is 1. The summed E-state index contributed by atoms with van der Waals surface area (Å²) in [6, 6.07) is 4.94. The molecule has 7 nitrogen and oxygen atoms in total. The predicted molar refractivity (Wildman–Crippen MR) is 110 cm³/mol. The lowest BCUT2D eigenvalue weighted by atomic mass is 9.97. The summed E-state index contributed by atoms with van der Waals surface area (Å²) in [7, 11) is 0. The summed E-state index contributed by atoms with van der Waals surface area (Å²) in [6.07, 6.45) is 3.06. The summed E-state index contributed by atoms with van der Waals surface area (Å²) < 4.78 is 1.48. The van der Waals surface area contributed by atoms with E-state index < -0.39 is 0 Å². The number of halogens is 1. The number of hydrogen-bond donors (Lipinski definition) is 1. The van der Waals surface area contributed by atoms with E-state index in [2.05, 4.69) is 11.6 Å². The first-order chi connectivity index (χ1) is 13.4. The summed E-state index contributed by atoms with van der Waals surface area (Å²) >= 11 is 7.19. The zero-order valence-corrected chi connectivity index (χ0v) is 16.8. The molecule has 2 N–H and O–H groups in total. The van der Waals surface area contributed by atoms with E-state index in [9.17, 15) is 14.4 Å². The van der Waals surface area contributed by atoms with Crippen LogP contribution in [0.2, 0.25) is 5.02 Å². The zero-order chi connectivity index (χ0) is 20.3. The van der Waals surface area contributed by atoms with Crippen molar-refractivity contribution in [2.75, 3.05) is 18.8 Å². The van der Waals surface area contributed by atoms with Crippen LogP contribution in [0.4, 0.5) is 0 Å². The lowest BCUT2D eigenvalue weighted by Crippen LogP contribution is -2.44.